The molecule has 1 aromatic carbocycles. The minimum absolute atomic E-state index is 0.0173. The molecule has 1 aliphatic rings. The Morgan fingerprint density at radius 1 is 1.23 bits per heavy atom. The van der Waals surface area contributed by atoms with Crippen LogP contribution in [0.4, 0.5) is 5.69 Å². The predicted octanol–water partition coefficient (Wildman–Crippen LogP) is 1.23. The molecule has 2 heterocycles. The zero-order chi connectivity index (χ0) is 18.6. The molecular formula is C16H17N3O5S2. The van der Waals surface area contributed by atoms with E-state index in [0.29, 0.717) is 23.1 Å². The Morgan fingerprint density at radius 2 is 2.00 bits per heavy atom. The van der Waals surface area contributed by atoms with Crippen LogP contribution in [0, 0.1) is 0 Å². The number of furan rings is 1. The number of hydrogen-bond donors (Lipinski definition) is 2. The lowest BCUT2D eigenvalue weighted by atomic mass is 10.3. The van der Waals surface area contributed by atoms with Crippen molar-refractivity contribution >= 4 is 39.3 Å². The summed E-state index contributed by atoms with van der Waals surface area (Å²) < 4.78 is 32.0. The molecule has 2 N–H and O–H groups in total. The number of carbonyl (C=O) groups is 2. The highest BCUT2D eigenvalue weighted by Gasteiger charge is 2.23. The van der Waals surface area contributed by atoms with Crippen molar-refractivity contribution in [2.45, 2.75) is 11.4 Å². The van der Waals surface area contributed by atoms with Gasteiger partial charge in [0, 0.05) is 5.69 Å². The highest BCUT2D eigenvalue weighted by Crippen LogP contribution is 2.16. The van der Waals surface area contributed by atoms with E-state index in [-0.39, 0.29) is 29.8 Å². The second-order valence-electron chi connectivity index (χ2n) is 5.55. The predicted molar refractivity (Wildman–Crippen MR) is 96.8 cm³/mol. The first-order valence-electron chi connectivity index (χ1n) is 7.71. The number of anilines is 1. The standard InChI is InChI=1S/C16H17N3O5S2/c20-15(9-19-11-25-10-16(19)21)18-12-3-5-14(6-4-12)26(22,23)17-8-13-2-1-7-24-13/h1-7,17H,8-11H2,(H,18,20). The molecule has 0 bridgehead atoms. The minimum atomic E-state index is -3.69. The van der Waals surface area contributed by atoms with E-state index in [1.807, 2.05) is 0 Å². The molecule has 1 aromatic heterocycles. The summed E-state index contributed by atoms with van der Waals surface area (Å²) in [5.41, 5.74) is 0.458. The van der Waals surface area contributed by atoms with Crippen LogP contribution in [0.3, 0.4) is 0 Å². The molecule has 0 radical (unpaired) electrons. The number of nitrogens with zero attached hydrogens (tertiary/aromatic N) is 1. The van der Waals surface area contributed by atoms with Crippen molar-refractivity contribution in [2.75, 3.05) is 23.5 Å². The molecule has 1 fully saturated rings. The molecule has 0 spiro atoms. The molecule has 10 heteroatoms. The van der Waals surface area contributed by atoms with Gasteiger partial charge in [0.1, 0.15) is 12.3 Å². The fraction of sp³-hybridized carbons (Fsp3) is 0.250. The molecule has 0 saturated carbocycles. The van der Waals surface area contributed by atoms with Gasteiger partial charge in [-0.05, 0) is 36.4 Å². The summed E-state index contributed by atoms with van der Waals surface area (Å²) in [6.45, 7) is 0.0340. The lowest BCUT2D eigenvalue weighted by Crippen LogP contribution is -2.34. The van der Waals surface area contributed by atoms with Gasteiger partial charge in [-0.1, -0.05) is 0 Å². The fourth-order valence-corrected chi connectivity index (χ4v) is 4.19. The van der Waals surface area contributed by atoms with Gasteiger partial charge in [-0.25, -0.2) is 13.1 Å². The molecule has 3 rings (SSSR count). The molecule has 0 aliphatic carbocycles. The van der Waals surface area contributed by atoms with Gasteiger partial charge in [0.25, 0.3) is 0 Å². The molecule has 138 valence electrons. The van der Waals surface area contributed by atoms with E-state index in [2.05, 4.69) is 10.0 Å². The van der Waals surface area contributed by atoms with Crippen molar-refractivity contribution in [1.29, 1.82) is 0 Å². The van der Waals surface area contributed by atoms with Gasteiger partial charge in [0.2, 0.25) is 21.8 Å². The summed E-state index contributed by atoms with van der Waals surface area (Å²) in [6, 6.07) is 9.15. The van der Waals surface area contributed by atoms with E-state index in [4.69, 9.17) is 4.42 Å². The van der Waals surface area contributed by atoms with Crippen molar-refractivity contribution in [2.24, 2.45) is 0 Å². The van der Waals surface area contributed by atoms with Crippen molar-refractivity contribution in [1.82, 2.24) is 9.62 Å². The van der Waals surface area contributed by atoms with Crippen LogP contribution in [0.1, 0.15) is 5.76 Å². The van der Waals surface area contributed by atoms with Crippen LogP contribution in [0.5, 0.6) is 0 Å². The summed E-state index contributed by atoms with van der Waals surface area (Å²) in [5, 5.41) is 2.65. The van der Waals surface area contributed by atoms with Crippen LogP contribution in [0.15, 0.2) is 52.0 Å². The molecule has 0 atom stereocenters. The quantitative estimate of drug-likeness (QED) is 0.730. The summed E-state index contributed by atoms with van der Waals surface area (Å²) >= 11 is 1.46. The number of hydrogen-bond acceptors (Lipinski definition) is 6. The summed E-state index contributed by atoms with van der Waals surface area (Å²) in [7, 11) is -3.69. The fourth-order valence-electron chi connectivity index (χ4n) is 2.29. The molecule has 2 aromatic rings. The van der Waals surface area contributed by atoms with Gasteiger partial charge in [-0.2, -0.15) is 0 Å². The van der Waals surface area contributed by atoms with Crippen LogP contribution in [0.2, 0.25) is 0 Å². The summed E-state index contributed by atoms with van der Waals surface area (Å²) in [6.07, 6.45) is 1.47. The maximum absolute atomic E-state index is 12.2. The SMILES string of the molecule is O=C(CN1CSCC1=O)Nc1ccc(S(=O)(=O)NCc2ccco2)cc1. The van der Waals surface area contributed by atoms with E-state index in [1.165, 1.54) is 47.2 Å². The monoisotopic (exact) mass is 395 g/mol. The second kappa shape index (κ2) is 7.94. The van der Waals surface area contributed by atoms with Crippen LogP contribution in [-0.4, -0.2) is 43.3 Å². The summed E-state index contributed by atoms with van der Waals surface area (Å²) in [5.74, 6) is 1.02. The molecule has 0 unspecified atom stereocenters. The lowest BCUT2D eigenvalue weighted by molar-refractivity contribution is -0.130. The normalized spacial score (nSPS) is 14.6. The van der Waals surface area contributed by atoms with E-state index < -0.39 is 10.0 Å². The molecule has 26 heavy (non-hydrogen) atoms. The third-order valence-corrected chi connectivity index (χ3v) is 5.99. The van der Waals surface area contributed by atoms with Crippen molar-refractivity contribution in [3.05, 3.63) is 48.4 Å². The Bertz CT molecular complexity index is 879. The first kappa shape index (κ1) is 18.5. The molecule has 1 saturated heterocycles. The lowest BCUT2D eigenvalue weighted by Gasteiger charge is -2.14. The Labute approximate surface area is 155 Å². The number of sulfonamides is 1. The van der Waals surface area contributed by atoms with Crippen LogP contribution >= 0.6 is 11.8 Å². The third-order valence-electron chi connectivity index (χ3n) is 3.62. The molecule has 1 aliphatic heterocycles. The van der Waals surface area contributed by atoms with Crippen LogP contribution < -0.4 is 10.0 Å². The van der Waals surface area contributed by atoms with Gasteiger partial charge in [-0.3, -0.25) is 9.59 Å². The highest BCUT2D eigenvalue weighted by molar-refractivity contribution is 8.00. The van der Waals surface area contributed by atoms with Crippen molar-refractivity contribution < 1.29 is 22.4 Å². The van der Waals surface area contributed by atoms with Gasteiger partial charge in [0.15, 0.2) is 0 Å². The Morgan fingerprint density at radius 3 is 2.62 bits per heavy atom. The number of amides is 2. The minimum Gasteiger partial charge on any atom is -0.468 e. The first-order valence-corrected chi connectivity index (χ1v) is 10.4. The smallest absolute Gasteiger partial charge is 0.244 e. The molecular weight excluding hydrogens is 378 g/mol. The zero-order valence-electron chi connectivity index (χ0n) is 13.7. The number of thioether (sulfide) groups is 1. The number of rotatable bonds is 7. The van der Waals surface area contributed by atoms with E-state index >= 15 is 0 Å². The van der Waals surface area contributed by atoms with Crippen molar-refractivity contribution in [3.63, 3.8) is 0 Å². The molecule has 2 amide bonds. The number of benzene rings is 1. The van der Waals surface area contributed by atoms with E-state index in [9.17, 15) is 18.0 Å². The van der Waals surface area contributed by atoms with Crippen LogP contribution in [-0.2, 0) is 26.2 Å². The van der Waals surface area contributed by atoms with Gasteiger partial charge in [0.05, 0.1) is 29.3 Å². The van der Waals surface area contributed by atoms with Gasteiger partial charge in [-0.15, -0.1) is 11.8 Å². The van der Waals surface area contributed by atoms with E-state index in [0.717, 1.165) is 0 Å². The van der Waals surface area contributed by atoms with Crippen LogP contribution in [0.25, 0.3) is 0 Å². The maximum atomic E-state index is 12.2. The first-order chi connectivity index (χ1) is 12.4. The van der Waals surface area contributed by atoms with Gasteiger partial charge < -0.3 is 14.6 Å². The van der Waals surface area contributed by atoms with Gasteiger partial charge >= 0.3 is 0 Å². The van der Waals surface area contributed by atoms with Crippen molar-refractivity contribution in [3.8, 4) is 0 Å². The average Bonchev–Trinajstić information content (AvgIpc) is 3.26. The Balaban J connectivity index is 1.57. The Kier molecular flexibility index (Phi) is 5.64. The topological polar surface area (TPSA) is 109 Å². The number of carbonyl (C=O) groups excluding carboxylic acids is 2. The maximum Gasteiger partial charge on any atom is 0.244 e. The second-order valence-corrected chi connectivity index (χ2v) is 8.27. The summed E-state index contributed by atoms with van der Waals surface area (Å²) in [4.78, 5) is 25.0. The number of nitrogens with one attached hydrogen (secondary N) is 2. The third kappa shape index (κ3) is 4.65. The average molecular weight is 395 g/mol. The largest absolute Gasteiger partial charge is 0.468 e. The van der Waals surface area contributed by atoms with E-state index in [1.54, 1.807) is 12.1 Å². The Hall–Kier alpha value is -2.30. The highest BCUT2D eigenvalue weighted by atomic mass is 32.2. The zero-order valence-corrected chi connectivity index (χ0v) is 15.3. The molecule has 8 nitrogen and oxygen atoms in total.